The zero-order valence-electron chi connectivity index (χ0n) is 12.7. The molecule has 0 radical (unpaired) electrons. The second kappa shape index (κ2) is 8.44. The summed E-state index contributed by atoms with van der Waals surface area (Å²) in [5.41, 5.74) is 0.988. The van der Waals surface area contributed by atoms with Gasteiger partial charge in [0.25, 0.3) is 0 Å². The largest absolute Gasteiger partial charge is 0.388 e. The summed E-state index contributed by atoms with van der Waals surface area (Å²) in [6.07, 6.45) is 2.02. The molecule has 2 rings (SSSR count). The number of hydrogen-bond donors (Lipinski definition) is 1. The van der Waals surface area contributed by atoms with Crippen molar-refractivity contribution >= 4 is 17.7 Å². The van der Waals surface area contributed by atoms with Crippen molar-refractivity contribution < 1.29 is 9.90 Å². The lowest BCUT2D eigenvalue weighted by atomic mass is 9.87. The molecule has 1 aromatic rings. The Morgan fingerprint density at radius 2 is 2.00 bits per heavy atom. The maximum absolute atomic E-state index is 12.1. The number of thioether (sulfide) groups is 1. The molecule has 4 heteroatoms. The summed E-state index contributed by atoms with van der Waals surface area (Å²) in [4.78, 5) is 14.0. The van der Waals surface area contributed by atoms with Gasteiger partial charge in [0.2, 0.25) is 5.91 Å². The third-order valence-electron chi connectivity index (χ3n) is 4.14. The highest BCUT2D eigenvalue weighted by Gasteiger charge is 2.27. The van der Waals surface area contributed by atoms with Crippen molar-refractivity contribution in [2.75, 3.05) is 24.6 Å². The van der Waals surface area contributed by atoms with Crippen LogP contribution in [-0.2, 0) is 4.79 Å². The molecule has 0 spiro atoms. The van der Waals surface area contributed by atoms with Gasteiger partial charge in [-0.15, -0.1) is 0 Å². The van der Waals surface area contributed by atoms with Gasteiger partial charge in [-0.2, -0.15) is 11.8 Å². The number of benzene rings is 1. The van der Waals surface area contributed by atoms with E-state index in [9.17, 15) is 9.90 Å². The maximum atomic E-state index is 12.1. The fraction of sp³-hybridized carbons (Fsp3) is 0.588. The number of carbonyl (C=O) groups is 1. The fourth-order valence-corrected chi connectivity index (χ4v) is 3.46. The van der Waals surface area contributed by atoms with Crippen LogP contribution in [0.5, 0.6) is 0 Å². The van der Waals surface area contributed by atoms with Crippen LogP contribution in [0, 0.1) is 5.92 Å². The van der Waals surface area contributed by atoms with E-state index in [1.165, 1.54) is 0 Å². The van der Waals surface area contributed by atoms with Gasteiger partial charge >= 0.3 is 0 Å². The number of amides is 1. The number of aliphatic hydroxyl groups is 1. The highest BCUT2D eigenvalue weighted by molar-refractivity contribution is 7.99. The molecule has 3 nitrogen and oxygen atoms in total. The van der Waals surface area contributed by atoms with E-state index in [0.29, 0.717) is 6.42 Å². The van der Waals surface area contributed by atoms with Crippen LogP contribution < -0.4 is 0 Å². The van der Waals surface area contributed by atoms with Gasteiger partial charge in [-0.25, -0.2) is 0 Å². The highest BCUT2D eigenvalue weighted by atomic mass is 32.2. The number of piperidine rings is 1. The van der Waals surface area contributed by atoms with Crippen molar-refractivity contribution in [3.05, 3.63) is 35.9 Å². The van der Waals surface area contributed by atoms with Crippen molar-refractivity contribution in [3.63, 3.8) is 0 Å². The highest BCUT2D eigenvalue weighted by Crippen LogP contribution is 2.30. The third kappa shape index (κ3) is 4.75. The first kappa shape index (κ1) is 16.4. The normalized spacial score (nSPS) is 17.7. The molecule has 21 heavy (non-hydrogen) atoms. The van der Waals surface area contributed by atoms with Crippen LogP contribution in [-0.4, -0.2) is 40.5 Å². The number of aliphatic hydroxyl groups excluding tert-OH is 1. The van der Waals surface area contributed by atoms with E-state index in [2.05, 4.69) is 6.92 Å². The molecular formula is C17H25NO2S. The molecule has 1 amide bonds. The van der Waals surface area contributed by atoms with Gasteiger partial charge in [-0.05, 0) is 30.1 Å². The van der Waals surface area contributed by atoms with Crippen LogP contribution in [0.25, 0.3) is 0 Å². The summed E-state index contributed by atoms with van der Waals surface area (Å²) in [5, 5.41) is 10.4. The van der Waals surface area contributed by atoms with Crippen molar-refractivity contribution in [1.82, 2.24) is 4.90 Å². The van der Waals surface area contributed by atoms with Crippen LogP contribution in [0.15, 0.2) is 30.3 Å². The van der Waals surface area contributed by atoms with Crippen molar-refractivity contribution in [2.24, 2.45) is 5.92 Å². The van der Waals surface area contributed by atoms with Crippen molar-refractivity contribution in [1.29, 1.82) is 0 Å². The Labute approximate surface area is 131 Å². The van der Waals surface area contributed by atoms with Gasteiger partial charge in [0.15, 0.2) is 0 Å². The Morgan fingerprint density at radius 3 is 2.62 bits per heavy atom. The minimum Gasteiger partial charge on any atom is -0.388 e. The Kier molecular flexibility index (Phi) is 6.58. The molecule has 1 N–H and O–H groups in total. The summed E-state index contributed by atoms with van der Waals surface area (Å²) in [6, 6.07) is 9.84. The second-order valence-electron chi connectivity index (χ2n) is 5.52. The smallest absolute Gasteiger partial charge is 0.223 e. The van der Waals surface area contributed by atoms with Gasteiger partial charge in [0.05, 0.1) is 6.10 Å². The van der Waals surface area contributed by atoms with Crippen LogP contribution >= 0.6 is 11.8 Å². The van der Waals surface area contributed by atoms with E-state index in [4.69, 9.17) is 0 Å². The molecule has 1 aliphatic rings. The molecule has 1 heterocycles. The quantitative estimate of drug-likeness (QED) is 0.821. The molecule has 0 bridgehead atoms. The predicted molar refractivity (Wildman–Crippen MR) is 88.3 cm³/mol. The van der Waals surface area contributed by atoms with E-state index >= 15 is 0 Å². The lowest BCUT2D eigenvalue weighted by Crippen LogP contribution is -2.39. The first-order chi connectivity index (χ1) is 10.2. The number of rotatable bonds is 6. The van der Waals surface area contributed by atoms with Crippen LogP contribution in [0.1, 0.15) is 37.9 Å². The zero-order valence-corrected chi connectivity index (χ0v) is 13.5. The van der Waals surface area contributed by atoms with Gasteiger partial charge < -0.3 is 10.0 Å². The van der Waals surface area contributed by atoms with Gasteiger partial charge in [0, 0.05) is 25.3 Å². The van der Waals surface area contributed by atoms with Crippen LogP contribution in [0.4, 0.5) is 0 Å². The molecule has 1 unspecified atom stereocenters. The average molecular weight is 307 g/mol. The topological polar surface area (TPSA) is 40.5 Å². The van der Waals surface area contributed by atoms with E-state index < -0.39 is 6.10 Å². The molecule has 116 valence electrons. The Hall–Kier alpha value is -1.00. The summed E-state index contributed by atoms with van der Waals surface area (Å²) in [6.45, 7) is 3.68. The van der Waals surface area contributed by atoms with Gasteiger partial charge in [-0.1, -0.05) is 37.3 Å². The Morgan fingerprint density at radius 1 is 1.33 bits per heavy atom. The second-order valence-corrected chi connectivity index (χ2v) is 6.91. The first-order valence-electron chi connectivity index (χ1n) is 7.81. The fourth-order valence-electron chi connectivity index (χ4n) is 2.85. The summed E-state index contributed by atoms with van der Waals surface area (Å²) < 4.78 is 0. The van der Waals surface area contributed by atoms with E-state index in [1.54, 1.807) is 0 Å². The third-order valence-corrected chi connectivity index (χ3v) is 5.05. The number of carbonyl (C=O) groups excluding carboxylic acids is 1. The molecule has 1 atom stereocenters. The molecule has 0 aliphatic carbocycles. The minimum atomic E-state index is -0.404. The van der Waals surface area contributed by atoms with E-state index in [0.717, 1.165) is 43.0 Å². The molecular weight excluding hydrogens is 282 g/mol. The average Bonchev–Trinajstić information content (AvgIpc) is 2.55. The summed E-state index contributed by atoms with van der Waals surface area (Å²) >= 11 is 1.82. The molecule has 1 aliphatic heterocycles. The monoisotopic (exact) mass is 307 g/mol. The number of nitrogens with zero attached hydrogens (tertiary/aromatic N) is 1. The predicted octanol–water partition coefficient (Wildman–Crippen LogP) is 3.10. The molecule has 0 aromatic heterocycles. The number of hydrogen-bond acceptors (Lipinski definition) is 3. The lowest BCUT2D eigenvalue weighted by Gasteiger charge is -2.34. The van der Waals surface area contributed by atoms with E-state index in [-0.39, 0.29) is 11.8 Å². The summed E-state index contributed by atoms with van der Waals surface area (Å²) in [5.74, 6) is 2.52. The Bertz CT molecular complexity index is 430. The van der Waals surface area contributed by atoms with Crippen LogP contribution in [0.2, 0.25) is 0 Å². The van der Waals surface area contributed by atoms with Crippen molar-refractivity contribution in [2.45, 2.75) is 32.3 Å². The molecule has 1 fully saturated rings. The van der Waals surface area contributed by atoms with Gasteiger partial charge in [-0.3, -0.25) is 4.79 Å². The first-order valence-corrected chi connectivity index (χ1v) is 8.96. The maximum Gasteiger partial charge on any atom is 0.223 e. The zero-order chi connectivity index (χ0) is 15.1. The lowest BCUT2D eigenvalue weighted by molar-refractivity contribution is -0.132. The SMILES string of the molecule is CCSCCC(=O)N1CCC(C(O)c2ccccc2)CC1. The van der Waals surface area contributed by atoms with Crippen molar-refractivity contribution in [3.8, 4) is 0 Å². The van der Waals surface area contributed by atoms with E-state index in [1.807, 2.05) is 47.0 Å². The summed E-state index contributed by atoms with van der Waals surface area (Å²) in [7, 11) is 0. The van der Waals surface area contributed by atoms with Crippen LogP contribution in [0.3, 0.4) is 0 Å². The molecule has 1 saturated heterocycles. The molecule has 1 aromatic carbocycles. The standard InChI is InChI=1S/C17H25NO2S/c1-2-21-13-10-16(19)18-11-8-15(9-12-18)17(20)14-6-4-3-5-7-14/h3-7,15,17,20H,2,8-13H2,1H3. The van der Waals surface area contributed by atoms with Gasteiger partial charge in [0.1, 0.15) is 0 Å². The minimum absolute atomic E-state index is 0.265. The number of likely N-dealkylation sites (tertiary alicyclic amines) is 1. The molecule has 0 saturated carbocycles. The Balaban J connectivity index is 1.79.